The second-order valence-corrected chi connectivity index (χ2v) is 2.87. The van der Waals surface area contributed by atoms with Crippen LogP contribution >= 0.6 is 0 Å². The molecule has 0 unspecified atom stereocenters. The normalized spacial score (nSPS) is 11.9. The van der Waals surface area contributed by atoms with Crippen LogP contribution in [0.2, 0.25) is 0 Å². The number of nitrogens with two attached hydrogens (primary N) is 1. The molecule has 1 aromatic carbocycles. The van der Waals surface area contributed by atoms with E-state index in [1.54, 1.807) is 0 Å². The van der Waals surface area contributed by atoms with E-state index >= 15 is 0 Å². The van der Waals surface area contributed by atoms with E-state index in [1.165, 1.54) is 7.05 Å². The van der Waals surface area contributed by atoms with E-state index in [-0.39, 0.29) is 12.6 Å². The zero-order valence-electron chi connectivity index (χ0n) is 8.07. The summed E-state index contributed by atoms with van der Waals surface area (Å²) >= 11 is 0. The highest BCUT2D eigenvalue weighted by molar-refractivity contribution is 5.66. The van der Waals surface area contributed by atoms with Crippen molar-refractivity contribution >= 4 is 6.09 Å². The number of hydrogen-bond acceptors (Lipinski definition) is 3. The molecule has 0 aliphatic carbocycles. The Morgan fingerprint density at radius 1 is 1.50 bits per heavy atom. The Labute approximate surface area is 83.1 Å². The lowest BCUT2D eigenvalue weighted by Crippen LogP contribution is -2.25. The topological polar surface area (TPSA) is 64.3 Å². The molecule has 0 fully saturated rings. The van der Waals surface area contributed by atoms with Crippen molar-refractivity contribution in [3.63, 3.8) is 0 Å². The van der Waals surface area contributed by atoms with Crippen molar-refractivity contribution in [2.45, 2.75) is 6.04 Å². The number of ether oxygens (including phenoxy) is 1. The predicted molar refractivity (Wildman–Crippen MR) is 53.8 cm³/mol. The Bertz CT molecular complexity index is 287. The van der Waals surface area contributed by atoms with Gasteiger partial charge in [-0.15, -0.1) is 0 Å². The molecule has 1 atom stereocenters. The maximum Gasteiger partial charge on any atom is 0.406 e. The van der Waals surface area contributed by atoms with Crippen LogP contribution < -0.4 is 11.1 Å². The lowest BCUT2D eigenvalue weighted by molar-refractivity contribution is 0.141. The van der Waals surface area contributed by atoms with Crippen molar-refractivity contribution in [3.8, 4) is 0 Å². The number of benzene rings is 1. The fraction of sp³-hybridized carbons (Fsp3) is 0.300. The van der Waals surface area contributed by atoms with Gasteiger partial charge < -0.3 is 15.8 Å². The third kappa shape index (κ3) is 3.06. The fourth-order valence-electron chi connectivity index (χ4n) is 1.03. The van der Waals surface area contributed by atoms with Crippen molar-refractivity contribution in [2.24, 2.45) is 5.73 Å². The van der Waals surface area contributed by atoms with E-state index in [1.807, 2.05) is 30.3 Å². The van der Waals surface area contributed by atoms with Gasteiger partial charge in [0.2, 0.25) is 0 Å². The standard InChI is InChI=1S/C10H14N2O2/c1-12-10(13)14-7-9(11)8-5-3-2-4-6-8/h2-6,9H,7,11H2,1H3,(H,12,13)/t9-/m0/s1. The fourth-order valence-corrected chi connectivity index (χ4v) is 1.03. The molecule has 0 aliphatic rings. The molecule has 4 nitrogen and oxygen atoms in total. The van der Waals surface area contributed by atoms with Gasteiger partial charge in [0.25, 0.3) is 0 Å². The van der Waals surface area contributed by atoms with Crippen LogP contribution in [-0.2, 0) is 4.74 Å². The summed E-state index contributed by atoms with van der Waals surface area (Å²) in [6.07, 6.45) is -0.462. The minimum absolute atomic E-state index is 0.184. The number of carbonyl (C=O) groups excluding carboxylic acids is 1. The Balaban J connectivity index is 2.43. The van der Waals surface area contributed by atoms with E-state index in [9.17, 15) is 4.79 Å². The van der Waals surface area contributed by atoms with E-state index < -0.39 is 6.09 Å². The molecule has 1 rings (SSSR count). The van der Waals surface area contributed by atoms with Crippen molar-refractivity contribution in [1.29, 1.82) is 0 Å². The molecule has 0 heterocycles. The van der Waals surface area contributed by atoms with Crippen molar-refractivity contribution in [2.75, 3.05) is 13.7 Å². The summed E-state index contributed by atoms with van der Waals surface area (Å²) in [6, 6.07) is 9.24. The van der Waals surface area contributed by atoms with Gasteiger partial charge in [-0.3, -0.25) is 0 Å². The maximum absolute atomic E-state index is 10.8. The van der Waals surface area contributed by atoms with Crippen molar-refractivity contribution < 1.29 is 9.53 Å². The summed E-state index contributed by atoms with van der Waals surface area (Å²) in [7, 11) is 1.51. The Kier molecular flexibility index (Phi) is 3.94. The molecule has 0 spiro atoms. The number of amides is 1. The van der Waals surface area contributed by atoms with E-state index in [0.29, 0.717) is 0 Å². The first kappa shape index (κ1) is 10.5. The Morgan fingerprint density at radius 2 is 2.14 bits per heavy atom. The third-order valence-electron chi connectivity index (χ3n) is 1.83. The molecule has 0 saturated heterocycles. The van der Waals surface area contributed by atoms with Crippen LogP contribution in [0.25, 0.3) is 0 Å². The second kappa shape index (κ2) is 5.24. The van der Waals surface area contributed by atoms with Gasteiger partial charge in [0.15, 0.2) is 0 Å². The summed E-state index contributed by atoms with van der Waals surface area (Å²) < 4.78 is 4.83. The number of nitrogens with one attached hydrogen (secondary N) is 1. The summed E-state index contributed by atoms with van der Waals surface area (Å²) in [5.41, 5.74) is 6.75. The van der Waals surface area contributed by atoms with E-state index in [2.05, 4.69) is 5.32 Å². The van der Waals surface area contributed by atoms with E-state index in [4.69, 9.17) is 10.5 Å². The lowest BCUT2D eigenvalue weighted by atomic mass is 10.1. The largest absolute Gasteiger partial charge is 0.448 e. The summed E-state index contributed by atoms with van der Waals surface area (Å²) in [5.74, 6) is 0. The minimum atomic E-state index is -0.462. The number of rotatable bonds is 3. The summed E-state index contributed by atoms with van der Waals surface area (Å²) in [4.78, 5) is 10.8. The SMILES string of the molecule is CNC(=O)OC[C@H](N)c1ccccc1. The van der Waals surface area contributed by atoms with Gasteiger partial charge in [0.05, 0.1) is 6.04 Å². The van der Waals surface area contributed by atoms with Crippen molar-refractivity contribution in [1.82, 2.24) is 5.32 Å². The van der Waals surface area contributed by atoms with Crippen LogP contribution in [0.1, 0.15) is 11.6 Å². The summed E-state index contributed by atoms with van der Waals surface area (Å²) in [6.45, 7) is 0.184. The van der Waals surface area contributed by atoms with Crippen LogP contribution in [0.4, 0.5) is 4.79 Å². The molecular weight excluding hydrogens is 180 g/mol. The molecule has 0 bridgehead atoms. The maximum atomic E-state index is 10.8. The van der Waals surface area contributed by atoms with Crippen LogP contribution in [0.5, 0.6) is 0 Å². The molecule has 1 aromatic rings. The predicted octanol–water partition coefficient (Wildman–Crippen LogP) is 1.04. The smallest absolute Gasteiger partial charge is 0.406 e. The number of hydrogen-bond donors (Lipinski definition) is 2. The van der Waals surface area contributed by atoms with Gasteiger partial charge in [0, 0.05) is 7.05 Å². The molecule has 76 valence electrons. The highest BCUT2D eigenvalue weighted by atomic mass is 16.5. The average Bonchev–Trinajstić information content (AvgIpc) is 2.26. The van der Waals surface area contributed by atoms with Gasteiger partial charge in [-0.05, 0) is 5.56 Å². The quantitative estimate of drug-likeness (QED) is 0.755. The van der Waals surface area contributed by atoms with E-state index in [0.717, 1.165) is 5.56 Å². The lowest BCUT2D eigenvalue weighted by Gasteiger charge is -2.11. The zero-order chi connectivity index (χ0) is 10.4. The average molecular weight is 194 g/mol. The van der Waals surface area contributed by atoms with Crippen LogP contribution in [0.15, 0.2) is 30.3 Å². The Morgan fingerprint density at radius 3 is 2.71 bits per heavy atom. The molecule has 1 amide bonds. The van der Waals surface area contributed by atoms with Crippen LogP contribution in [0.3, 0.4) is 0 Å². The monoisotopic (exact) mass is 194 g/mol. The van der Waals surface area contributed by atoms with Gasteiger partial charge >= 0.3 is 6.09 Å². The highest BCUT2D eigenvalue weighted by Crippen LogP contribution is 2.09. The minimum Gasteiger partial charge on any atom is -0.448 e. The molecular formula is C10H14N2O2. The van der Waals surface area contributed by atoms with Gasteiger partial charge in [-0.2, -0.15) is 0 Å². The van der Waals surface area contributed by atoms with Gasteiger partial charge in [-0.1, -0.05) is 30.3 Å². The molecule has 0 radical (unpaired) electrons. The molecule has 3 N–H and O–H groups in total. The molecule has 14 heavy (non-hydrogen) atoms. The van der Waals surface area contributed by atoms with Crippen LogP contribution in [0, 0.1) is 0 Å². The first-order chi connectivity index (χ1) is 6.74. The summed E-state index contributed by atoms with van der Waals surface area (Å²) in [5, 5.41) is 2.36. The Hall–Kier alpha value is -1.55. The molecule has 0 aromatic heterocycles. The van der Waals surface area contributed by atoms with Crippen LogP contribution in [-0.4, -0.2) is 19.7 Å². The molecule has 0 aliphatic heterocycles. The second-order valence-electron chi connectivity index (χ2n) is 2.87. The van der Waals surface area contributed by atoms with Crippen molar-refractivity contribution in [3.05, 3.63) is 35.9 Å². The molecule has 4 heteroatoms. The highest BCUT2D eigenvalue weighted by Gasteiger charge is 2.07. The molecule has 0 saturated carbocycles. The third-order valence-corrected chi connectivity index (χ3v) is 1.83. The van der Waals surface area contributed by atoms with Gasteiger partial charge in [0.1, 0.15) is 6.61 Å². The first-order valence-electron chi connectivity index (χ1n) is 4.39. The van der Waals surface area contributed by atoms with Gasteiger partial charge in [-0.25, -0.2) is 4.79 Å². The zero-order valence-corrected chi connectivity index (χ0v) is 8.07. The number of alkyl carbamates (subject to hydrolysis) is 1. The number of carbonyl (C=O) groups is 1. The first-order valence-corrected chi connectivity index (χ1v) is 4.39.